The number of esters is 1. The number of nitrogens with zero attached hydrogens (tertiary/aromatic N) is 4. The molecule has 0 unspecified atom stereocenters. The van der Waals surface area contributed by atoms with E-state index in [-0.39, 0.29) is 11.4 Å². The van der Waals surface area contributed by atoms with Gasteiger partial charge in [-0.05, 0) is 32.2 Å². The van der Waals surface area contributed by atoms with Crippen molar-refractivity contribution in [3.8, 4) is 0 Å². The van der Waals surface area contributed by atoms with E-state index in [0.29, 0.717) is 18.4 Å². The highest BCUT2D eigenvalue weighted by molar-refractivity contribution is 5.78. The molecule has 6 heteroatoms. The molecule has 0 bridgehead atoms. The van der Waals surface area contributed by atoms with Crippen molar-refractivity contribution in [3.63, 3.8) is 0 Å². The Hall–Kier alpha value is -1.40. The highest BCUT2D eigenvalue weighted by atomic mass is 16.5. The van der Waals surface area contributed by atoms with E-state index in [1.807, 2.05) is 24.9 Å². The summed E-state index contributed by atoms with van der Waals surface area (Å²) < 4.78 is 7.41. The lowest BCUT2D eigenvalue weighted by molar-refractivity contribution is -0.157. The maximum absolute atomic E-state index is 13.0. The Bertz CT molecular complexity index is 615. The number of aryl methyl sites for hydroxylation is 1. The summed E-state index contributed by atoms with van der Waals surface area (Å²) in [6.07, 6.45) is 6.02. The van der Waals surface area contributed by atoms with Crippen LogP contribution in [-0.4, -0.2) is 64.9 Å². The molecule has 2 aliphatic heterocycles. The third kappa shape index (κ3) is 4.12. The van der Waals surface area contributed by atoms with Crippen molar-refractivity contribution < 1.29 is 9.53 Å². The number of aromatic nitrogens is 2. The van der Waals surface area contributed by atoms with Gasteiger partial charge in [0.1, 0.15) is 0 Å². The van der Waals surface area contributed by atoms with Gasteiger partial charge in [0.05, 0.1) is 18.2 Å². The Morgan fingerprint density at radius 3 is 2.81 bits per heavy atom. The fourth-order valence-corrected chi connectivity index (χ4v) is 4.83. The van der Waals surface area contributed by atoms with Crippen LogP contribution in [0.5, 0.6) is 0 Å². The summed E-state index contributed by atoms with van der Waals surface area (Å²) in [6.45, 7) is 12.7. The largest absolute Gasteiger partial charge is 0.466 e. The third-order valence-corrected chi connectivity index (χ3v) is 5.81. The van der Waals surface area contributed by atoms with Crippen molar-refractivity contribution in [1.82, 2.24) is 19.6 Å². The van der Waals surface area contributed by atoms with E-state index in [0.717, 1.165) is 52.1 Å². The Balaban J connectivity index is 1.76. The van der Waals surface area contributed by atoms with Crippen molar-refractivity contribution in [1.29, 1.82) is 0 Å². The fraction of sp³-hybridized carbons (Fsp3) is 0.800. The van der Waals surface area contributed by atoms with Crippen molar-refractivity contribution >= 4 is 5.97 Å². The van der Waals surface area contributed by atoms with E-state index in [1.165, 1.54) is 5.56 Å². The third-order valence-electron chi connectivity index (χ3n) is 5.81. The molecule has 0 saturated carbocycles. The van der Waals surface area contributed by atoms with E-state index in [2.05, 4.69) is 34.9 Å². The molecule has 0 radical (unpaired) electrons. The Labute approximate surface area is 157 Å². The molecule has 3 rings (SSSR count). The average molecular weight is 363 g/mol. The molecule has 2 fully saturated rings. The van der Waals surface area contributed by atoms with Crippen LogP contribution in [0.2, 0.25) is 0 Å². The number of hydrogen-bond donors (Lipinski definition) is 0. The van der Waals surface area contributed by atoms with Crippen LogP contribution in [0.15, 0.2) is 12.4 Å². The van der Waals surface area contributed by atoms with Crippen LogP contribution >= 0.6 is 0 Å². The Morgan fingerprint density at radius 2 is 2.15 bits per heavy atom. The molecule has 26 heavy (non-hydrogen) atoms. The van der Waals surface area contributed by atoms with E-state index in [4.69, 9.17) is 4.74 Å². The van der Waals surface area contributed by atoms with Crippen LogP contribution in [0.1, 0.15) is 39.2 Å². The van der Waals surface area contributed by atoms with Crippen molar-refractivity contribution in [3.05, 3.63) is 18.0 Å². The number of carbonyl (C=O) groups is 1. The molecule has 2 saturated heterocycles. The average Bonchev–Trinajstić information content (AvgIpc) is 3.06. The lowest BCUT2D eigenvalue weighted by Gasteiger charge is -2.31. The maximum atomic E-state index is 13.0. The first-order valence-electron chi connectivity index (χ1n) is 10.0. The highest BCUT2D eigenvalue weighted by Crippen LogP contribution is 2.44. The number of fused-ring (bicyclic) bond motifs is 1. The van der Waals surface area contributed by atoms with Crippen molar-refractivity contribution in [2.75, 3.05) is 39.3 Å². The lowest BCUT2D eigenvalue weighted by atomic mass is 9.75. The van der Waals surface area contributed by atoms with E-state index in [9.17, 15) is 4.79 Å². The van der Waals surface area contributed by atoms with Gasteiger partial charge in [-0.25, -0.2) is 0 Å². The summed E-state index contributed by atoms with van der Waals surface area (Å²) in [5, 5.41) is 4.29. The second kappa shape index (κ2) is 8.09. The molecule has 146 valence electrons. The first-order chi connectivity index (χ1) is 12.4. The molecular formula is C20H34N4O2. The van der Waals surface area contributed by atoms with Crippen molar-refractivity contribution in [2.24, 2.45) is 24.3 Å². The molecule has 0 aromatic carbocycles. The van der Waals surface area contributed by atoms with Crippen LogP contribution in [0.3, 0.4) is 0 Å². The highest BCUT2D eigenvalue weighted by Gasteiger charge is 2.53. The summed E-state index contributed by atoms with van der Waals surface area (Å²) in [4.78, 5) is 18.0. The normalized spacial score (nSPS) is 27.5. The minimum atomic E-state index is -0.325. The molecular weight excluding hydrogens is 328 g/mol. The molecule has 3 heterocycles. The molecule has 0 N–H and O–H groups in total. The van der Waals surface area contributed by atoms with Gasteiger partial charge in [-0.3, -0.25) is 14.4 Å². The van der Waals surface area contributed by atoms with Gasteiger partial charge in [-0.15, -0.1) is 0 Å². The van der Waals surface area contributed by atoms with Crippen LogP contribution in [0.4, 0.5) is 0 Å². The predicted molar refractivity (Wildman–Crippen MR) is 102 cm³/mol. The summed E-state index contributed by atoms with van der Waals surface area (Å²) >= 11 is 0. The number of hydrogen-bond acceptors (Lipinski definition) is 5. The quantitative estimate of drug-likeness (QED) is 0.726. The van der Waals surface area contributed by atoms with Gasteiger partial charge in [-0.1, -0.05) is 13.8 Å². The van der Waals surface area contributed by atoms with Crippen LogP contribution < -0.4 is 0 Å². The Morgan fingerprint density at radius 1 is 1.38 bits per heavy atom. The molecule has 1 aromatic heterocycles. The van der Waals surface area contributed by atoms with Gasteiger partial charge in [0.25, 0.3) is 0 Å². The van der Waals surface area contributed by atoms with Gasteiger partial charge >= 0.3 is 5.97 Å². The summed E-state index contributed by atoms with van der Waals surface area (Å²) in [5.41, 5.74) is 0.919. The molecule has 0 spiro atoms. The zero-order chi connectivity index (χ0) is 18.7. The Kier molecular flexibility index (Phi) is 6.03. The number of rotatable bonds is 6. The van der Waals surface area contributed by atoms with Gasteiger partial charge < -0.3 is 9.64 Å². The predicted octanol–water partition coefficient (Wildman–Crippen LogP) is 2.15. The summed E-state index contributed by atoms with van der Waals surface area (Å²) in [7, 11) is 1.96. The van der Waals surface area contributed by atoms with E-state index >= 15 is 0 Å². The van der Waals surface area contributed by atoms with E-state index in [1.54, 1.807) is 0 Å². The summed E-state index contributed by atoms with van der Waals surface area (Å²) in [5.74, 6) is 0.988. The summed E-state index contributed by atoms with van der Waals surface area (Å²) in [6, 6.07) is 0. The zero-order valence-electron chi connectivity index (χ0n) is 16.8. The van der Waals surface area contributed by atoms with Gasteiger partial charge in [0.15, 0.2) is 0 Å². The minimum Gasteiger partial charge on any atom is -0.466 e. The first-order valence-corrected chi connectivity index (χ1v) is 10.0. The van der Waals surface area contributed by atoms with Gasteiger partial charge in [0, 0.05) is 57.4 Å². The number of ether oxygens (including phenoxy) is 1. The first kappa shape index (κ1) is 19.4. The standard InChI is InChI=1S/C20H34N4O2/c1-5-26-19(25)20-7-6-8-23(12-17-9-21-22(4)11-17)13-18(20)14-24(15-20)10-16(2)3/h9,11,16,18H,5-8,10,12-15H2,1-4H3/t18-,20-/m0/s1. The number of likely N-dealkylation sites (tertiary alicyclic amines) is 2. The van der Waals surface area contributed by atoms with Gasteiger partial charge in [-0.2, -0.15) is 5.10 Å². The molecule has 6 nitrogen and oxygen atoms in total. The molecule has 0 amide bonds. The van der Waals surface area contributed by atoms with Gasteiger partial charge in [0.2, 0.25) is 0 Å². The zero-order valence-corrected chi connectivity index (χ0v) is 16.8. The molecule has 2 aliphatic rings. The maximum Gasteiger partial charge on any atom is 0.313 e. The minimum absolute atomic E-state index is 0.0273. The van der Waals surface area contributed by atoms with Crippen LogP contribution in [-0.2, 0) is 23.1 Å². The lowest BCUT2D eigenvalue weighted by Crippen LogP contribution is -2.42. The SMILES string of the molecule is CCOC(=O)[C@]12CCCN(Cc3cnn(C)c3)C[C@H]1CN(CC(C)C)C2. The molecule has 1 aromatic rings. The van der Waals surface area contributed by atoms with Crippen LogP contribution in [0.25, 0.3) is 0 Å². The second-order valence-corrected chi connectivity index (χ2v) is 8.52. The topological polar surface area (TPSA) is 50.6 Å². The molecule has 0 aliphatic carbocycles. The van der Waals surface area contributed by atoms with E-state index < -0.39 is 0 Å². The number of carbonyl (C=O) groups excluding carboxylic acids is 1. The van der Waals surface area contributed by atoms with Crippen LogP contribution in [0, 0.1) is 17.3 Å². The monoisotopic (exact) mass is 362 g/mol. The van der Waals surface area contributed by atoms with Crippen molar-refractivity contribution in [2.45, 2.75) is 40.2 Å². The smallest absolute Gasteiger partial charge is 0.313 e. The fourth-order valence-electron chi connectivity index (χ4n) is 4.83. The second-order valence-electron chi connectivity index (χ2n) is 8.52. The molecule has 2 atom stereocenters.